The Hall–Kier alpha value is -0.980. The predicted octanol–water partition coefficient (Wildman–Crippen LogP) is 0.916. The van der Waals surface area contributed by atoms with E-state index in [0.717, 1.165) is 12.2 Å². The van der Waals surface area contributed by atoms with E-state index in [1.54, 1.807) is 0 Å². The second-order valence-corrected chi connectivity index (χ2v) is 4.28. The first-order chi connectivity index (χ1) is 7.65. The lowest BCUT2D eigenvalue weighted by Crippen LogP contribution is -2.26. The van der Waals surface area contributed by atoms with Gasteiger partial charge in [-0.2, -0.15) is 0 Å². The Morgan fingerprint density at radius 3 is 3.00 bits per heavy atom. The summed E-state index contributed by atoms with van der Waals surface area (Å²) in [4.78, 5) is 17.2. The standard InChI is InChI=1S/C10H17N3O2S/c1-3-13(4-5-14)6-9-7-16-10(12-9)11-8(2)15/h7,14H,3-6H2,1-2H3,(H,11,12,15). The van der Waals surface area contributed by atoms with Crippen LogP contribution in [-0.2, 0) is 11.3 Å². The van der Waals surface area contributed by atoms with Gasteiger partial charge in [0.2, 0.25) is 5.91 Å². The fourth-order valence-electron chi connectivity index (χ4n) is 1.31. The molecule has 0 spiro atoms. The molecule has 0 saturated carbocycles. The molecule has 0 unspecified atom stereocenters. The van der Waals surface area contributed by atoms with Gasteiger partial charge in [-0.05, 0) is 6.54 Å². The molecule has 2 N–H and O–H groups in total. The van der Waals surface area contributed by atoms with Gasteiger partial charge in [0.05, 0.1) is 12.3 Å². The molecule has 0 saturated heterocycles. The molecule has 0 aliphatic rings. The van der Waals surface area contributed by atoms with Crippen LogP contribution in [0.2, 0.25) is 0 Å². The van der Waals surface area contributed by atoms with E-state index in [1.807, 2.05) is 12.3 Å². The van der Waals surface area contributed by atoms with Crippen molar-refractivity contribution in [1.82, 2.24) is 9.88 Å². The summed E-state index contributed by atoms with van der Waals surface area (Å²) < 4.78 is 0. The maximum Gasteiger partial charge on any atom is 0.223 e. The van der Waals surface area contributed by atoms with Crippen molar-refractivity contribution in [3.05, 3.63) is 11.1 Å². The molecule has 0 bridgehead atoms. The first-order valence-electron chi connectivity index (χ1n) is 5.21. The first-order valence-corrected chi connectivity index (χ1v) is 6.09. The second-order valence-electron chi connectivity index (χ2n) is 3.42. The van der Waals surface area contributed by atoms with Crippen molar-refractivity contribution in [2.24, 2.45) is 0 Å². The highest BCUT2D eigenvalue weighted by Gasteiger charge is 2.07. The molecule has 0 aliphatic carbocycles. The van der Waals surface area contributed by atoms with Crippen LogP contribution in [0.25, 0.3) is 0 Å². The first kappa shape index (κ1) is 13.1. The molecular formula is C10H17N3O2S. The fourth-order valence-corrected chi connectivity index (χ4v) is 2.05. The molecule has 0 atom stereocenters. The molecule has 16 heavy (non-hydrogen) atoms. The number of likely N-dealkylation sites (N-methyl/N-ethyl adjacent to an activating group) is 1. The molecule has 0 radical (unpaired) electrons. The van der Waals surface area contributed by atoms with Crippen molar-refractivity contribution in [3.63, 3.8) is 0 Å². The summed E-state index contributed by atoms with van der Waals surface area (Å²) in [5.41, 5.74) is 0.920. The van der Waals surface area contributed by atoms with E-state index >= 15 is 0 Å². The molecule has 1 amide bonds. The van der Waals surface area contributed by atoms with Crippen molar-refractivity contribution < 1.29 is 9.90 Å². The van der Waals surface area contributed by atoms with E-state index in [4.69, 9.17) is 5.11 Å². The van der Waals surface area contributed by atoms with Gasteiger partial charge in [-0.1, -0.05) is 6.92 Å². The van der Waals surface area contributed by atoms with Crippen molar-refractivity contribution >= 4 is 22.4 Å². The highest BCUT2D eigenvalue weighted by Crippen LogP contribution is 2.16. The molecule has 0 aromatic carbocycles. The summed E-state index contributed by atoms with van der Waals surface area (Å²) in [5, 5.41) is 14.1. The number of anilines is 1. The van der Waals surface area contributed by atoms with Crippen LogP contribution in [0.5, 0.6) is 0 Å². The average Bonchev–Trinajstić information content (AvgIpc) is 2.64. The zero-order valence-corrected chi connectivity index (χ0v) is 10.4. The fraction of sp³-hybridized carbons (Fsp3) is 0.600. The number of thiazole rings is 1. The molecule has 1 rings (SSSR count). The van der Waals surface area contributed by atoms with E-state index in [9.17, 15) is 4.79 Å². The minimum atomic E-state index is -0.108. The maximum absolute atomic E-state index is 10.8. The quantitative estimate of drug-likeness (QED) is 0.779. The highest BCUT2D eigenvalue weighted by molar-refractivity contribution is 7.13. The number of rotatable bonds is 6. The van der Waals surface area contributed by atoms with Crippen LogP contribution in [0.4, 0.5) is 5.13 Å². The lowest BCUT2D eigenvalue weighted by Gasteiger charge is -2.17. The third-order valence-corrected chi connectivity index (χ3v) is 2.89. The molecule has 1 aromatic heterocycles. The Labute approximate surface area is 99.1 Å². The highest BCUT2D eigenvalue weighted by atomic mass is 32.1. The number of nitrogens with zero attached hydrogens (tertiary/aromatic N) is 2. The smallest absolute Gasteiger partial charge is 0.223 e. The molecule has 1 heterocycles. The Morgan fingerprint density at radius 2 is 2.44 bits per heavy atom. The van der Waals surface area contributed by atoms with Gasteiger partial charge in [-0.3, -0.25) is 9.69 Å². The number of aliphatic hydroxyl groups is 1. The van der Waals surface area contributed by atoms with Gasteiger partial charge in [-0.25, -0.2) is 4.98 Å². The summed E-state index contributed by atoms with van der Waals surface area (Å²) in [6.07, 6.45) is 0. The van der Waals surface area contributed by atoms with Gasteiger partial charge in [0.1, 0.15) is 0 Å². The van der Waals surface area contributed by atoms with Gasteiger partial charge in [0.25, 0.3) is 0 Å². The summed E-state index contributed by atoms with van der Waals surface area (Å²) in [5.74, 6) is -0.108. The molecule has 0 fully saturated rings. The molecule has 90 valence electrons. The van der Waals surface area contributed by atoms with Crippen LogP contribution >= 0.6 is 11.3 Å². The number of amides is 1. The van der Waals surface area contributed by atoms with Crippen molar-refractivity contribution in [1.29, 1.82) is 0 Å². The zero-order valence-electron chi connectivity index (χ0n) is 9.56. The van der Waals surface area contributed by atoms with Gasteiger partial charge >= 0.3 is 0 Å². The van der Waals surface area contributed by atoms with Gasteiger partial charge < -0.3 is 10.4 Å². The maximum atomic E-state index is 10.8. The normalized spacial score (nSPS) is 10.8. The van der Waals surface area contributed by atoms with Crippen molar-refractivity contribution in [2.75, 3.05) is 25.0 Å². The van der Waals surface area contributed by atoms with E-state index in [2.05, 4.69) is 15.2 Å². The van der Waals surface area contributed by atoms with Gasteiger partial charge in [-0.15, -0.1) is 11.3 Å². The van der Waals surface area contributed by atoms with Crippen LogP contribution in [-0.4, -0.2) is 40.6 Å². The largest absolute Gasteiger partial charge is 0.395 e. The number of carbonyl (C=O) groups excluding carboxylic acids is 1. The lowest BCUT2D eigenvalue weighted by atomic mass is 10.4. The summed E-state index contributed by atoms with van der Waals surface area (Å²) in [6.45, 7) is 5.86. The lowest BCUT2D eigenvalue weighted by molar-refractivity contribution is -0.114. The molecule has 5 nitrogen and oxygen atoms in total. The Balaban J connectivity index is 2.53. The van der Waals surface area contributed by atoms with E-state index in [0.29, 0.717) is 18.2 Å². The second kappa shape index (κ2) is 6.57. The Kier molecular flexibility index (Phi) is 5.37. The minimum Gasteiger partial charge on any atom is -0.395 e. The third-order valence-electron chi connectivity index (χ3n) is 2.08. The van der Waals surface area contributed by atoms with Crippen LogP contribution in [0.3, 0.4) is 0 Å². The number of aliphatic hydroxyl groups excluding tert-OH is 1. The topological polar surface area (TPSA) is 65.5 Å². The molecular weight excluding hydrogens is 226 g/mol. The number of carbonyl (C=O) groups is 1. The van der Waals surface area contributed by atoms with E-state index < -0.39 is 0 Å². The van der Waals surface area contributed by atoms with Gasteiger partial charge in [0, 0.05) is 25.4 Å². The molecule has 6 heteroatoms. The number of nitrogens with one attached hydrogen (secondary N) is 1. The van der Waals surface area contributed by atoms with Crippen molar-refractivity contribution in [2.45, 2.75) is 20.4 Å². The van der Waals surface area contributed by atoms with E-state index in [-0.39, 0.29) is 12.5 Å². The number of hydrogen-bond donors (Lipinski definition) is 2. The van der Waals surface area contributed by atoms with Crippen LogP contribution < -0.4 is 5.32 Å². The Bertz CT molecular complexity index is 341. The number of hydrogen-bond acceptors (Lipinski definition) is 5. The predicted molar refractivity (Wildman–Crippen MR) is 64.5 cm³/mol. The zero-order chi connectivity index (χ0) is 12.0. The summed E-state index contributed by atoms with van der Waals surface area (Å²) in [6, 6.07) is 0. The van der Waals surface area contributed by atoms with Crippen molar-refractivity contribution in [3.8, 4) is 0 Å². The van der Waals surface area contributed by atoms with Gasteiger partial charge in [0.15, 0.2) is 5.13 Å². The molecule has 0 aliphatic heterocycles. The monoisotopic (exact) mass is 243 g/mol. The van der Waals surface area contributed by atoms with Crippen LogP contribution in [0.1, 0.15) is 19.5 Å². The number of aromatic nitrogens is 1. The Morgan fingerprint density at radius 1 is 1.69 bits per heavy atom. The van der Waals surface area contributed by atoms with E-state index in [1.165, 1.54) is 18.3 Å². The SMILES string of the molecule is CCN(CCO)Cc1csc(NC(C)=O)n1. The minimum absolute atomic E-state index is 0.108. The third kappa shape index (κ3) is 4.26. The van der Waals surface area contributed by atoms with Crippen LogP contribution in [0, 0.1) is 0 Å². The summed E-state index contributed by atoms with van der Waals surface area (Å²) >= 11 is 1.42. The van der Waals surface area contributed by atoms with Crippen LogP contribution in [0.15, 0.2) is 5.38 Å². The average molecular weight is 243 g/mol. The molecule has 1 aromatic rings. The summed E-state index contributed by atoms with van der Waals surface area (Å²) in [7, 11) is 0.